The number of terminal acetylenes is 2. The summed E-state index contributed by atoms with van der Waals surface area (Å²) in [5, 5.41) is 0. The molecular weight excluding hydrogens is 435 g/mol. The standard InChI is InChI=1S/C23H9O8P/c1-3-5-7-9-11-12-14-15-17-22(24)29-19-21(20-30-32(26,27)28)31-23(25)18-16-13-10-8-6-4-2/h1-2,21H,19-20H2,(H2,26,27,28)/t21-/m1/s1. The third-order valence-corrected chi connectivity index (χ3v) is 2.69. The Balaban J connectivity index is 4.96. The zero-order chi connectivity index (χ0) is 24.1. The van der Waals surface area contributed by atoms with E-state index >= 15 is 0 Å². The maximum absolute atomic E-state index is 11.6. The average molecular weight is 444 g/mol. The molecule has 0 spiro atoms. The van der Waals surface area contributed by atoms with Crippen molar-refractivity contribution in [3.63, 3.8) is 0 Å². The smallest absolute Gasteiger partial charge is 0.452 e. The molecule has 154 valence electrons. The number of hydrogen-bond acceptors (Lipinski definition) is 6. The number of rotatable bonds is 6. The largest absolute Gasteiger partial charge is 0.469 e. The number of carbonyl (C=O) groups excluding carboxylic acids is 2. The van der Waals surface area contributed by atoms with Gasteiger partial charge < -0.3 is 19.3 Å². The van der Waals surface area contributed by atoms with Crippen LogP contribution in [0.3, 0.4) is 0 Å². The monoisotopic (exact) mass is 444 g/mol. The van der Waals surface area contributed by atoms with Crippen molar-refractivity contribution in [2.24, 2.45) is 0 Å². The van der Waals surface area contributed by atoms with Gasteiger partial charge in [-0.1, -0.05) is 0 Å². The number of hydrogen-bond donors (Lipinski definition) is 2. The molecule has 2 N–H and O–H groups in total. The molecule has 0 unspecified atom stereocenters. The number of phosphoric ester groups is 1. The third-order valence-electron chi connectivity index (χ3n) is 2.20. The fraction of sp³-hybridized carbons (Fsp3) is 0.130. The van der Waals surface area contributed by atoms with E-state index in [-0.39, 0.29) is 0 Å². The van der Waals surface area contributed by atoms with Gasteiger partial charge in [-0.2, -0.15) is 0 Å². The second-order valence-electron chi connectivity index (χ2n) is 4.45. The zero-order valence-corrected chi connectivity index (χ0v) is 16.8. The molecule has 8 nitrogen and oxygen atoms in total. The van der Waals surface area contributed by atoms with Gasteiger partial charge in [0.15, 0.2) is 6.10 Å². The number of phosphoric acid groups is 1. The van der Waals surface area contributed by atoms with Gasteiger partial charge in [-0.3, -0.25) is 4.52 Å². The van der Waals surface area contributed by atoms with Crippen molar-refractivity contribution in [1.82, 2.24) is 0 Å². The number of carbonyl (C=O) groups is 2. The lowest BCUT2D eigenvalue weighted by Crippen LogP contribution is -2.28. The topological polar surface area (TPSA) is 119 Å². The lowest BCUT2D eigenvalue weighted by atomic mass is 10.4. The molecule has 0 heterocycles. The SMILES string of the molecule is C#CC#CC#CC#CC#CC(=O)OC[C@H](COP(=O)(O)O)OC(=O)C#CC#CC#CC#C. The summed E-state index contributed by atoms with van der Waals surface area (Å²) in [6.07, 6.45) is 8.36. The molecule has 0 aliphatic heterocycles. The highest BCUT2D eigenvalue weighted by atomic mass is 31.2. The first-order valence-corrected chi connectivity index (χ1v) is 9.32. The highest BCUT2D eigenvalue weighted by Crippen LogP contribution is 2.35. The minimum absolute atomic E-state index is 0.644. The summed E-state index contributed by atoms with van der Waals surface area (Å²) in [4.78, 5) is 40.7. The van der Waals surface area contributed by atoms with Crippen LogP contribution in [0.15, 0.2) is 0 Å². The van der Waals surface area contributed by atoms with Crippen LogP contribution in [-0.2, 0) is 28.2 Å². The number of esters is 2. The van der Waals surface area contributed by atoms with Gasteiger partial charge in [-0.05, 0) is 82.9 Å². The van der Waals surface area contributed by atoms with Crippen LogP contribution in [0.2, 0.25) is 0 Å². The minimum Gasteiger partial charge on any atom is -0.452 e. The quantitative estimate of drug-likeness (QED) is 0.228. The van der Waals surface area contributed by atoms with E-state index in [9.17, 15) is 14.2 Å². The maximum atomic E-state index is 11.6. The Morgan fingerprint density at radius 2 is 1.16 bits per heavy atom. The summed E-state index contributed by atoms with van der Waals surface area (Å²) in [5.41, 5.74) is 0. The second-order valence-corrected chi connectivity index (χ2v) is 5.69. The van der Waals surface area contributed by atoms with Crippen LogP contribution in [0.25, 0.3) is 0 Å². The lowest BCUT2D eigenvalue weighted by molar-refractivity contribution is -0.153. The Kier molecular flexibility index (Phi) is 14.4. The van der Waals surface area contributed by atoms with Gasteiger partial charge in [0.05, 0.1) is 6.61 Å². The van der Waals surface area contributed by atoms with Crippen LogP contribution in [0, 0.1) is 108 Å². The van der Waals surface area contributed by atoms with E-state index in [1.165, 1.54) is 0 Å². The predicted molar refractivity (Wildman–Crippen MR) is 111 cm³/mol. The van der Waals surface area contributed by atoms with Gasteiger partial charge >= 0.3 is 19.8 Å². The fourth-order valence-electron chi connectivity index (χ4n) is 1.17. The van der Waals surface area contributed by atoms with Crippen molar-refractivity contribution >= 4 is 19.8 Å². The molecule has 0 saturated carbocycles. The van der Waals surface area contributed by atoms with Crippen molar-refractivity contribution in [3.8, 4) is 108 Å². The Bertz CT molecular complexity index is 1300. The Labute approximate surface area is 185 Å². The fourth-order valence-corrected chi connectivity index (χ4v) is 1.53. The third kappa shape index (κ3) is 18.5. The molecule has 0 aliphatic rings. The van der Waals surface area contributed by atoms with E-state index in [0.717, 1.165) is 0 Å². The van der Waals surface area contributed by atoms with Crippen LogP contribution in [-0.4, -0.2) is 41.0 Å². The molecule has 32 heavy (non-hydrogen) atoms. The minimum atomic E-state index is -4.88. The Morgan fingerprint density at radius 3 is 1.62 bits per heavy atom. The molecule has 9 heteroatoms. The molecule has 1 atom stereocenters. The van der Waals surface area contributed by atoms with Crippen molar-refractivity contribution in [3.05, 3.63) is 0 Å². The van der Waals surface area contributed by atoms with E-state index in [0.29, 0.717) is 0 Å². The molecule has 0 bridgehead atoms. The lowest BCUT2D eigenvalue weighted by Gasteiger charge is -2.16. The van der Waals surface area contributed by atoms with Gasteiger partial charge in [0.25, 0.3) is 0 Å². The molecule has 0 amide bonds. The normalized spacial score (nSPS) is 8.38. The van der Waals surface area contributed by atoms with Crippen molar-refractivity contribution in [2.45, 2.75) is 6.10 Å². The first-order chi connectivity index (χ1) is 15.3. The highest BCUT2D eigenvalue weighted by molar-refractivity contribution is 7.46. The van der Waals surface area contributed by atoms with Crippen LogP contribution in [0.4, 0.5) is 0 Å². The summed E-state index contributed by atoms with van der Waals surface area (Å²) in [6.45, 7) is -1.44. The first kappa shape index (κ1) is 27.1. The maximum Gasteiger partial charge on any atom is 0.469 e. The summed E-state index contributed by atoms with van der Waals surface area (Å²) < 4.78 is 24.6. The molecule has 0 rings (SSSR count). The number of ether oxygens (including phenoxy) is 2. The van der Waals surface area contributed by atoms with Crippen molar-refractivity contribution in [1.29, 1.82) is 0 Å². The van der Waals surface area contributed by atoms with E-state index < -0.39 is 39.1 Å². The molecule has 0 saturated heterocycles. The molecule has 0 aromatic rings. The molecule has 0 aromatic carbocycles. The summed E-state index contributed by atoms with van der Waals surface area (Å²) in [6, 6.07) is 0. The van der Waals surface area contributed by atoms with Crippen LogP contribution >= 0.6 is 7.82 Å². The average Bonchev–Trinajstić information content (AvgIpc) is 2.73. The molecule has 0 fully saturated rings. The molecule has 0 radical (unpaired) electrons. The van der Waals surface area contributed by atoms with Crippen LogP contribution in [0.5, 0.6) is 0 Å². The van der Waals surface area contributed by atoms with Crippen molar-refractivity contribution < 1.29 is 37.9 Å². The summed E-state index contributed by atoms with van der Waals surface area (Å²) in [7, 11) is -4.88. The Morgan fingerprint density at radius 1 is 0.719 bits per heavy atom. The molecular formula is C23H9O8P. The van der Waals surface area contributed by atoms with Gasteiger partial charge in [-0.15, -0.1) is 12.8 Å². The van der Waals surface area contributed by atoms with Gasteiger partial charge in [0.2, 0.25) is 0 Å². The molecule has 0 aliphatic carbocycles. The van der Waals surface area contributed by atoms with Crippen LogP contribution in [0.1, 0.15) is 0 Å². The van der Waals surface area contributed by atoms with E-state index in [2.05, 4.69) is 75.6 Å². The zero-order valence-electron chi connectivity index (χ0n) is 15.9. The van der Waals surface area contributed by atoms with E-state index in [4.69, 9.17) is 32.1 Å². The highest BCUT2D eigenvalue weighted by Gasteiger charge is 2.22. The van der Waals surface area contributed by atoms with Gasteiger partial charge in [0, 0.05) is 11.8 Å². The first-order valence-electron chi connectivity index (χ1n) is 7.79. The van der Waals surface area contributed by atoms with E-state index in [1.54, 1.807) is 0 Å². The molecule has 0 aromatic heterocycles. The van der Waals surface area contributed by atoms with Crippen molar-refractivity contribution in [2.75, 3.05) is 13.2 Å². The van der Waals surface area contributed by atoms with Gasteiger partial charge in [-0.25, -0.2) is 14.2 Å². The van der Waals surface area contributed by atoms with Crippen LogP contribution < -0.4 is 0 Å². The summed E-state index contributed by atoms with van der Waals surface area (Å²) >= 11 is 0. The van der Waals surface area contributed by atoms with E-state index in [1.807, 2.05) is 23.7 Å². The predicted octanol–water partition coefficient (Wildman–Crippen LogP) is -1.16. The van der Waals surface area contributed by atoms with Gasteiger partial charge in [0.1, 0.15) is 6.61 Å². The Hall–Kier alpha value is -4.91. The second kappa shape index (κ2) is 17.0. The summed E-state index contributed by atoms with van der Waals surface area (Å²) in [5.74, 6) is 32.6.